The number of nitrogens with two attached hydrogens (primary N) is 1. The van der Waals surface area contributed by atoms with Crippen LogP contribution in [-0.2, 0) is 19.2 Å². The summed E-state index contributed by atoms with van der Waals surface area (Å²) in [6.07, 6.45) is 2.16. The molecule has 0 bridgehead atoms. The molecule has 0 aliphatic heterocycles. The van der Waals surface area contributed by atoms with E-state index < -0.39 is 0 Å². The second kappa shape index (κ2) is 17.9. The van der Waals surface area contributed by atoms with Crippen LogP contribution in [0.2, 0.25) is 0 Å². The van der Waals surface area contributed by atoms with Crippen molar-refractivity contribution in [1.82, 2.24) is 26.9 Å². The lowest BCUT2D eigenvalue weighted by atomic mass is 10.2. The van der Waals surface area contributed by atoms with Crippen molar-refractivity contribution in [1.29, 1.82) is 0 Å². The Morgan fingerprint density at radius 3 is 1.63 bits per heavy atom. The third kappa shape index (κ3) is 17.7. The maximum atomic E-state index is 11.6. The van der Waals surface area contributed by atoms with Gasteiger partial charge in [-0.15, -0.1) is 0 Å². The fraction of sp³-hybridized carbons (Fsp3) is 0.733. The summed E-state index contributed by atoms with van der Waals surface area (Å²) >= 11 is 0. The largest absolute Gasteiger partial charge is 0.355 e. The predicted molar refractivity (Wildman–Crippen MR) is 108 cm³/mol. The van der Waals surface area contributed by atoms with Gasteiger partial charge in [0.15, 0.2) is 0 Å². The van der Waals surface area contributed by atoms with Crippen molar-refractivity contribution in [3.63, 3.8) is 0 Å². The topological polar surface area (TPSA) is 154 Å². The highest BCUT2D eigenvalue weighted by molar-refractivity contribution is 8.76. The molecule has 0 atom stereocenters. The van der Waals surface area contributed by atoms with Gasteiger partial charge in [0.25, 0.3) is 0 Å². The van der Waals surface area contributed by atoms with E-state index in [0.717, 1.165) is 11.5 Å². The maximum absolute atomic E-state index is 11.6. The summed E-state index contributed by atoms with van der Waals surface area (Å²) in [5.74, 6) is 5.92. The van der Waals surface area contributed by atoms with Gasteiger partial charge in [-0.05, 0) is 12.8 Å². The summed E-state index contributed by atoms with van der Waals surface area (Å²) in [5.41, 5.74) is 7.01. The molecule has 0 aromatic rings. The smallest absolute Gasteiger partial charge is 0.234 e. The minimum Gasteiger partial charge on any atom is -0.355 e. The van der Waals surface area contributed by atoms with Crippen molar-refractivity contribution in [2.45, 2.75) is 38.5 Å². The summed E-state index contributed by atoms with van der Waals surface area (Å²) in [7, 11) is 4.85. The number of hydrogen-bond acceptors (Lipinski definition) is 8. The van der Waals surface area contributed by atoms with Crippen LogP contribution in [0.25, 0.3) is 0 Å². The molecule has 0 spiro atoms. The highest BCUT2D eigenvalue weighted by Crippen LogP contribution is 2.19. The molecule has 0 saturated heterocycles. The third-order valence-corrected chi connectivity index (χ3v) is 5.55. The molecule has 12 heteroatoms. The number of hydrogen-bond donors (Lipinski definition) is 6. The van der Waals surface area contributed by atoms with Crippen LogP contribution in [0.15, 0.2) is 0 Å². The minimum atomic E-state index is -0.277. The van der Waals surface area contributed by atoms with E-state index in [1.807, 2.05) is 5.43 Å². The molecule has 0 aliphatic rings. The van der Waals surface area contributed by atoms with Gasteiger partial charge >= 0.3 is 0 Å². The zero-order valence-electron chi connectivity index (χ0n) is 15.6. The van der Waals surface area contributed by atoms with Crippen LogP contribution in [0.1, 0.15) is 38.5 Å². The lowest BCUT2D eigenvalue weighted by molar-refractivity contribution is -0.124. The van der Waals surface area contributed by atoms with Crippen molar-refractivity contribution in [3.05, 3.63) is 0 Å². The van der Waals surface area contributed by atoms with Crippen LogP contribution >= 0.6 is 21.6 Å². The summed E-state index contributed by atoms with van der Waals surface area (Å²) in [4.78, 5) is 45.2. The van der Waals surface area contributed by atoms with Crippen molar-refractivity contribution in [2.75, 3.05) is 31.6 Å². The van der Waals surface area contributed by atoms with Gasteiger partial charge in [0.2, 0.25) is 23.6 Å². The molecule has 0 heterocycles. The van der Waals surface area contributed by atoms with Gasteiger partial charge in [-0.2, -0.15) is 0 Å². The molecule has 27 heavy (non-hydrogen) atoms. The monoisotopic (exact) mass is 422 g/mol. The Balaban J connectivity index is 3.39. The van der Waals surface area contributed by atoms with Crippen molar-refractivity contribution >= 4 is 45.2 Å². The summed E-state index contributed by atoms with van der Waals surface area (Å²) in [6, 6.07) is 0. The van der Waals surface area contributed by atoms with E-state index in [1.165, 1.54) is 0 Å². The van der Waals surface area contributed by atoms with Crippen LogP contribution in [0.3, 0.4) is 0 Å². The molecule has 0 unspecified atom stereocenters. The lowest BCUT2D eigenvalue weighted by Gasteiger charge is -2.06. The molecule has 0 saturated carbocycles. The van der Waals surface area contributed by atoms with Gasteiger partial charge in [0.05, 0.1) is 0 Å². The molecule has 0 aliphatic carbocycles. The average molecular weight is 423 g/mol. The summed E-state index contributed by atoms with van der Waals surface area (Å²) in [6.45, 7) is 1.12. The Kier molecular flexibility index (Phi) is 16.9. The number of nitrogens with one attached hydrogen (secondary N) is 5. The van der Waals surface area contributed by atoms with Crippen molar-refractivity contribution in [3.8, 4) is 0 Å². The molecule has 0 radical (unpaired) electrons. The molecule has 0 fully saturated rings. The zero-order valence-corrected chi connectivity index (χ0v) is 17.2. The van der Waals surface area contributed by atoms with E-state index in [9.17, 15) is 19.2 Å². The number of carbonyl (C=O) groups is 4. The van der Waals surface area contributed by atoms with Gasteiger partial charge in [-0.1, -0.05) is 21.6 Å². The summed E-state index contributed by atoms with van der Waals surface area (Å²) < 4.78 is 0. The van der Waals surface area contributed by atoms with E-state index in [4.69, 9.17) is 5.84 Å². The molecular weight excluding hydrogens is 392 g/mol. The van der Waals surface area contributed by atoms with E-state index in [0.29, 0.717) is 45.2 Å². The SMILES string of the molecule is CNNC(=O)CCCC(=O)NCCSSCCNC(=O)CCCC(=O)NN. The third-order valence-electron chi connectivity index (χ3n) is 3.14. The zero-order chi connectivity index (χ0) is 20.3. The number of rotatable bonds is 16. The molecule has 10 nitrogen and oxygen atoms in total. The van der Waals surface area contributed by atoms with Crippen LogP contribution in [-0.4, -0.2) is 55.3 Å². The first-order valence-electron chi connectivity index (χ1n) is 8.72. The van der Waals surface area contributed by atoms with Crippen molar-refractivity contribution < 1.29 is 19.2 Å². The first-order chi connectivity index (χ1) is 13.0. The molecular formula is C15H30N6O4S2. The lowest BCUT2D eigenvalue weighted by Crippen LogP contribution is -2.34. The number of amides is 4. The minimum absolute atomic E-state index is 0.0616. The van der Waals surface area contributed by atoms with E-state index in [2.05, 4.69) is 21.5 Å². The Bertz CT molecular complexity index is 468. The standard InChI is InChI=1S/C15H30N6O4S2/c1-17-21-15(25)7-3-5-13(23)19-9-11-27-26-10-8-18-12(22)4-2-6-14(24)20-16/h17H,2-11,16H2,1H3,(H,18,22)(H,19,23)(H,20,24)(H,21,25). The highest BCUT2D eigenvalue weighted by Gasteiger charge is 2.05. The van der Waals surface area contributed by atoms with Gasteiger partial charge in [-0.3, -0.25) is 30.0 Å². The first kappa shape index (κ1) is 25.5. The Morgan fingerprint density at radius 1 is 0.741 bits per heavy atom. The Hall–Kier alpha value is -1.50. The number of hydrazine groups is 2. The quantitative estimate of drug-likeness (QED) is 0.0620. The average Bonchev–Trinajstić information content (AvgIpc) is 2.63. The maximum Gasteiger partial charge on any atom is 0.234 e. The van der Waals surface area contributed by atoms with Gasteiger partial charge in [0.1, 0.15) is 0 Å². The van der Waals surface area contributed by atoms with Crippen LogP contribution < -0.4 is 32.8 Å². The van der Waals surface area contributed by atoms with Crippen LogP contribution in [0.4, 0.5) is 0 Å². The number of carbonyl (C=O) groups excluding carboxylic acids is 4. The summed E-state index contributed by atoms with van der Waals surface area (Å²) in [5, 5.41) is 5.58. The molecule has 4 amide bonds. The first-order valence-corrected chi connectivity index (χ1v) is 11.2. The van der Waals surface area contributed by atoms with Crippen molar-refractivity contribution in [2.24, 2.45) is 5.84 Å². The fourth-order valence-corrected chi connectivity index (χ4v) is 3.67. The second-order valence-electron chi connectivity index (χ2n) is 5.42. The van der Waals surface area contributed by atoms with E-state index >= 15 is 0 Å². The Labute approximate surface area is 167 Å². The molecule has 0 aromatic heterocycles. The van der Waals surface area contributed by atoms with Crippen LogP contribution in [0.5, 0.6) is 0 Å². The Morgan fingerprint density at radius 2 is 1.19 bits per heavy atom. The molecule has 156 valence electrons. The van der Waals surface area contributed by atoms with Gasteiger partial charge in [0, 0.05) is 57.3 Å². The molecule has 7 N–H and O–H groups in total. The van der Waals surface area contributed by atoms with Gasteiger partial charge < -0.3 is 10.6 Å². The highest BCUT2D eigenvalue weighted by atomic mass is 33.1. The van der Waals surface area contributed by atoms with E-state index in [-0.39, 0.29) is 30.0 Å². The van der Waals surface area contributed by atoms with Crippen LogP contribution in [0, 0.1) is 0 Å². The predicted octanol–water partition coefficient (Wildman–Crippen LogP) is -0.819. The fourth-order valence-electron chi connectivity index (χ4n) is 1.85. The second-order valence-corrected chi connectivity index (χ2v) is 8.12. The molecule has 0 rings (SSSR count). The molecule has 0 aromatic carbocycles. The van der Waals surface area contributed by atoms with E-state index in [1.54, 1.807) is 28.6 Å². The normalized spacial score (nSPS) is 10.1. The van der Waals surface area contributed by atoms with Gasteiger partial charge in [-0.25, -0.2) is 11.3 Å².